The van der Waals surface area contributed by atoms with E-state index in [0.717, 1.165) is 16.8 Å². The Morgan fingerprint density at radius 2 is 1.79 bits per heavy atom. The molecule has 0 fully saturated rings. The summed E-state index contributed by atoms with van der Waals surface area (Å²) in [5.41, 5.74) is 5.22. The molecule has 0 aliphatic carbocycles. The van der Waals surface area contributed by atoms with Crippen molar-refractivity contribution in [3.8, 4) is 47.4 Å². The van der Waals surface area contributed by atoms with Gasteiger partial charge < -0.3 is 9.47 Å². The average Bonchev–Trinajstić information content (AvgIpc) is 3.21. The van der Waals surface area contributed by atoms with Crippen molar-refractivity contribution in [3.05, 3.63) is 59.2 Å². The molecule has 2 aromatic carbocycles. The third-order valence-electron chi connectivity index (χ3n) is 3.61. The standard InChI is InChI=1S/C22H16FN3O2S/c1-3-11-27-20-10-5-16(13-21(20)28-12-4-2)14-24-26-22-25-19(15-29-22)17-6-8-18(23)9-7-17/h1-2,5-10,13-15H,11-12H2,(H,25,26)/b24-14+. The number of nitrogens with one attached hydrogen (secondary N) is 1. The quantitative estimate of drug-likeness (QED) is 0.342. The molecule has 1 N–H and O–H groups in total. The van der Waals surface area contributed by atoms with Crippen LogP contribution in [0.15, 0.2) is 52.9 Å². The first kappa shape index (κ1) is 19.9. The Kier molecular flexibility index (Phi) is 6.83. The smallest absolute Gasteiger partial charge is 0.203 e. The number of anilines is 1. The largest absolute Gasteiger partial charge is 0.477 e. The molecule has 7 heteroatoms. The van der Waals surface area contributed by atoms with Gasteiger partial charge in [0.15, 0.2) is 11.5 Å². The summed E-state index contributed by atoms with van der Waals surface area (Å²) in [6.07, 6.45) is 12.1. The molecular weight excluding hydrogens is 389 g/mol. The van der Waals surface area contributed by atoms with Crippen molar-refractivity contribution >= 4 is 22.7 Å². The molecule has 1 heterocycles. The van der Waals surface area contributed by atoms with Gasteiger partial charge in [0.2, 0.25) is 5.13 Å². The van der Waals surface area contributed by atoms with E-state index in [4.69, 9.17) is 22.3 Å². The first-order valence-electron chi connectivity index (χ1n) is 8.46. The summed E-state index contributed by atoms with van der Waals surface area (Å²) in [5, 5.41) is 6.67. The Hall–Kier alpha value is -3.81. The van der Waals surface area contributed by atoms with Gasteiger partial charge in [-0.1, -0.05) is 11.8 Å². The molecule has 0 spiro atoms. The predicted molar refractivity (Wildman–Crippen MR) is 114 cm³/mol. The molecule has 3 aromatic rings. The van der Waals surface area contributed by atoms with Gasteiger partial charge in [-0.2, -0.15) is 5.10 Å². The van der Waals surface area contributed by atoms with E-state index in [2.05, 4.69) is 27.4 Å². The number of thiazole rings is 1. The van der Waals surface area contributed by atoms with Crippen LogP contribution in [0.25, 0.3) is 11.3 Å². The van der Waals surface area contributed by atoms with Crippen LogP contribution >= 0.6 is 11.3 Å². The van der Waals surface area contributed by atoms with E-state index in [1.165, 1.54) is 23.5 Å². The highest BCUT2D eigenvalue weighted by molar-refractivity contribution is 7.14. The number of hydrogen-bond acceptors (Lipinski definition) is 6. The Bertz CT molecular complexity index is 1080. The van der Waals surface area contributed by atoms with Gasteiger partial charge in [0.25, 0.3) is 0 Å². The van der Waals surface area contributed by atoms with Crippen LogP contribution < -0.4 is 14.9 Å². The average molecular weight is 405 g/mol. The van der Waals surface area contributed by atoms with Crippen molar-refractivity contribution < 1.29 is 13.9 Å². The molecule has 0 amide bonds. The number of ether oxygens (including phenoxy) is 2. The molecule has 3 rings (SSSR count). The van der Waals surface area contributed by atoms with Crippen molar-refractivity contribution in [2.24, 2.45) is 5.10 Å². The molecule has 144 valence electrons. The lowest BCUT2D eigenvalue weighted by Gasteiger charge is -2.10. The van der Waals surface area contributed by atoms with E-state index in [-0.39, 0.29) is 19.0 Å². The first-order valence-corrected chi connectivity index (χ1v) is 9.34. The number of hydrazone groups is 1. The fraction of sp³-hybridized carbons (Fsp3) is 0.0909. The van der Waals surface area contributed by atoms with Crippen molar-refractivity contribution in [1.29, 1.82) is 0 Å². The minimum absolute atomic E-state index is 0.108. The Morgan fingerprint density at radius 3 is 2.52 bits per heavy atom. The fourth-order valence-electron chi connectivity index (χ4n) is 2.32. The van der Waals surface area contributed by atoms with E-state index in [1.807, 2.05) is 11.4 Å². The van der Waals surface area contributed by atoms with Crippen LogP contribution in [0.4, 0.5) is 9.52 Å². The van der Waals surface area contributed by atoms with Crippen molar-refractivity contribution in [1.82, 2.24) is 4.98 Å². The zero-order valence-corrected chi connectivity index (χ0v) is 16.1. The minimum atomic E-state index is -0.284. The second-order valence-electron chi connectivity index (χ2n) is 5.61. The number of benzene rings is 2. The van der Waals surface area contributed by atoms with Crippen molar-refractivity contribution in [3.63, 3.8) is 0 Å². The minimum Gasteiger partial charge on any atom is -0.477 e. The Morgan fingerprint density at radius 1 is 1.07 bits per heavy atom. The van der Waals surface area contributed by atoms with Crippen molar-refractivity contribution in [2.45, 2.75) is 0 Å². The van der Waals surface area contributed by atoms with Gasteiger partial charge in [-0.15, -0.1) is 24.2 Å². The number of hydrogen-bond donors (Lipinski definition) is 1. The van der Waals surface area contributed by atoms with Gasteiger partial charge in [0.05, 0.1) is 11.9 Å². The van der Waals surface area contributed by atoms with E-state index in [0.29, 0.717) is 16.6 Å². The maximum absolute atomic E-state index is 13.0. The van der Waals surface area contributed by atoms with E-state index < -0.39 is 0 Å². The molecule has 5 nitrogen and oxygen atoms in total. The van der Waals surface area contributed by atoms with Crippen LogP contribution in [0.1, 0.15) is 5.56 Å². The highest BCUT2D eigenvalue weighted by Crippen LogP contribution is 2.28. The second-order valence-corrected chi connectivity index (χ2v) is 6.46. The normalized spacial score (nSPS) is 10.3. The number of nitrogens with zero attached hydrogens (tertiary/aromatic N) is 2. The maximum Gasteiger partial charge on any atom is 0.203 e. The van der Waals surface area contributed by atoms with E-state index >= 15 is 0 Å². The van der Waals surface area contributed by atoms with Gasteiger partial charge in [-0.25, -0.2) is 9.37 Å². The molecule has 0 unspecified atom stereocenters. The molecule has 1 aromatic heterocycles. The number of terminal acetylenes is 2. The lowest BCUT2D eigenvalue weighted by molar-refractivity contribution is 0.314. The van der Waals surface area contributed by atoms with E-state index in [1.54, 1.807) is 30.5 Å². The summed E-state index contributed by atoms with van der Waals surface area (Å²) in [5.74, 6) is 5.52. The maximum atomic E-state index is 13.0. The monoisotopic (exact) mass is 405 g/mol. The van der Waals surface area contributed by atoms with Crippen LogP contribution in [-0.2, 0) is 0 Å². The van der Waals surface area contributed by atoms with Gasteiger partial charge in [-0.05, 0) is 48.0 Å². The summed E-state index contributed by atoms with van der Waals surface area (Å²) >= 11 is 1.39. The summed E-state index contributed by atoms with van der Waals surface area (Å²) < 4.78 is 24.0. The summed E-state index contributed by atoms with van der Waals surface area (Å²) in [7, 11) is 0. The van der Waals surface area contributed by atoms with Crippen LogP contribution in [0.5, 0.6) is 11.5 Å². The molecule has 29 heavy (non-hydrogen) atoms. The van der Waals surface area contributed by atoms with Crippen LogP contribution in [0.3, 0.4) is 0 Å². The van der Waals surface area contributed by atoms with Gasteiger partial charge in [-0.3, -0.25) is 5.43 Å². The molecule has 0 aliphatic heterocycles. The lowest BCUT2D eigenvalue weighted by Crippen LogP contribution is -2.01. The third-order valence-corrected chi connectivity index (χ3v) is 4.35. The van der Waals surface area contributed by atoms with Crippen LogP contribution in [-0.4, -0.2) is 24.4 Å². The molecule has 0 aliphatic rings. The van der Waals surface area contributed by atoms with Crippen LogP contribution in [0, 0.1) is 30.5 Å². The molecular formula is C22H16FN3O2S. The highest BCUT2D eigenvalue weighted by Gasteiger charge is 2.06. The molecule has 0 bridgehead atoms. The van der Waals surface area contributed by atoms with Crippen LogP contribution in [0.2, 0.25) is 0 Å². The number of halogens is 1. The van der Waals surface area contributed by atoms with Crippen molar-refractivity contribution in [2.75, 3.05) is 18.6 Å². The van der Waals surface area contributed by atoms with E-state index in [9.17, 15) is 4.39 Å². The van der Waals surface area contributed by atoms with Gasteiger partial charge in [0, 0.05) is 10.9 Å². The molecule has 0 radical (unpaired) electrons. The lowest BCUT2D eigenvalue weighted by atomic mass is 10.2. The topological polar surface area (TPSA) is 55.7 Å². The predicted octanol–water partition coefficient (Wildman–Crippen LogP) is 4.42. The van der Waals surface area contributed by atoms with Gasteiger partial charge >= 0.3 is 0 Å². The Balaban J connectivity index is 1.67. The molecule has 0 atom stereocenters. The summed E-state index contributed by atoms with van der Waals surface area (Å²) in [4.78, 5) is 4.43. The van der Waals surface area contributed by atoms with Gasteiger partial charge in [0.1, 0.15) is 19.0 Å². The SMILES string of the molecule is C#CCOc1ccc(/C=N/Nc2nc(-c3ccc(F)cc3)cs2)cc1OCC#C. The Labute approximate surface area is 172 Å². The molecule has 0 saturated carbocycles. The first-order chi connectivity index (χ1) is 14.2. The molecule has 0 saturated heterocycles. The zero-order valence-electron chi connectivity index (χ0n) is 15.3. The highest BCUT2D eigenvalue weighted by atomic mass is 32.1. The summed E-state index contributed by atoms with van der Waals surface area (Å²) in [6.45, 7) is 0.235. The number of rotatable bonds is 8. The third kappa shape index (κ3) is 5.58. The zero-order chi connectivity index (χ0) is 20.5. The number of aromatic nitrogens is 1. The fourth-order valence-corrected chi connectivity index (χ4v) is 2.98. The second kappa shape index (κ2) is 9.93. The summed E-state index contributed by atoms with van der Waals surface area (Å²) in [6, 6.07) is 11.5.